The van der Waals surface area contributed by atoms with Gasteiger partial charge >= 0.3 is 0 Å². The van der Waals surface area contributed by atoms with Gasteiger partial charge in [0.2, 0.25) is 0 Å². The molecule has 1 aromatic carbocycles. The minimum absolute atomic E-state index is 0.130. The van der Waals surface area contributed by atoms with Crippen LogP contribution in [0.4, 0.5) is 4.39 Å². The highest BCUT2D eigenvalue weighted by Gasteiger charge is 2.20. The highest BCUT2D eigenvalue weighted by atomic mass is 35.5. The van der Waals surface area contributed by atoms with Crippen molar-refractivity contribution in [3.63, 3.8) is 0 Å². The molecule has 1 saturated carbocycles. The van der Waals surface area contributed by atoms with Crippen molar-refractivity contribution in [2.24, 2.45) is 11.8 Å². The van der Waals surface area contributed by atoms with Crippen molar-refractivity contribution < 1.29 is 9.13 Å². The van der Waals surface area contributed by atoms with E-state index >= 15 is 0 Å². The van der Waals surface area contributed by atoms with E-state index in [0.717, 1.165) is 18.7 Å². The third-order valence-corrected chi connectivity index (χ3v) is 4.30. The highest BCUT2D eigenvalue weighted by molar-refractivity contribution is 6.30. The molecule has 2 rings (SSSR count). The van der Waals surface area contributed by atoms with Gasteiger partial charge in [-0.25, -0.2) is 4.39 Å². The molecular weight excluding hydrogens is 274 g/mol. The lowest BCUT2D eigenvalue weighted by molar-refractivity contribution is 0.188. The average molecular weight is 291 g/mol. The van der Waals surface area contributed by atoms with Gasteiger partial charge in [-0.3, -0.25) is 0 Å². The first-order valence-electron chi connectivity index (χ1n) is 6.33. The summed E-state index contributed by atoms with van der Waals surface area (Å²) in [5, 5.41) is 0.130. The molecule has 0 aliphatic heterocycles. The number of ether oxygens (including phenoxy) is 1. The Morgan fingerprint density at radius 3 is 2.44 bits per heavy atom. The molecule has 0 N–H and O–H groups in total. The molecule has 0 radical (unpaired) electrons. The number of benzene rings is 1. The van der Waals surface area contributed by atoms with Crippen molar-refractivity contribution in [2.45, 2.75) is 25.7 Å². The van der Waals surface area contributed by atoms with E-state index in [1.165, 1.54) is 25.0 Å². The minimum Gasteiger partial charge on any atom is -0.493 e. The molecule has 1 aliphatic rings. The summed E-state index contributed by atoms with van der Waals surface area (Å²) in [5.41, 5.74) is 0. The van der Waals surface area contributed by atoms with Crippen molar-refractivity contribution >= 4 is 23.2 Å². The first kappa shape index (κ1) is 14.0. The van der Waals surface area contributed by atoms with Gasteiger partial charge in [0.1, 0.15) is 11.6 Å². The number of rotatable bonds is 4. The summed E-state index contributed by atoms with van der Waals surface area (Å²) in [5.74, 6) is 2.10. The van der Waals surface area contributed by atoms with Crippen molar-refractivity contribution in [3.8, 4) is 5.75 Å². The monoisotopic (exact) mass is 290 g/mol. The zero-order valence-electron chi connectivity index (χ0n) is 10.2. The molecule has 1 nitrogen and oxygen atoms in total. The van der Waals surface area contributed by atoms with Crippen molar-refractivity contribution in [1.82, 2.24) is 0 Å². The Balaban J connectivity index is 1.79. The van der Waals surface area contributed by atoms with Gasteiger partial charge in [-0.15, -0.1) is 11.6 Å². The fourth-order valence-corrected chi connectivity index (χ4v) is 2.76. The zero-order chi connectivity index (χ0) is 13.0. The summed E-state index contributed by atoms with van der Waals surface area (Å²) < 4.78 is 18.8. The van der Waals surface area contributed by atoms with Crippen molar-refractivity contribution in [2.75, 3.05) is 12.5 Å². The summed E-state index contributed by atoms with van der Waals surface area (Å²) in [4.78, 5) is 0. The van der Waals surface area contributed by atoms with Crippen molar-refractivity contribution in [3.05, 3.63) is 29.0 Å². The number of halogens is 3. The molecule has 18 heavy (non-hydrogen) atoms. The van der Waals surface area contributed by atoms with Gasteiger partial charge < -0.3 is 4.74 Å². The summed E-state index contributed by atoms with van der Waals surface area (Å²) in [6.07, 6.45) is 4.64. The Kier molecular flexibility index (Phi) is 5.13. The average Bonchev–Trinajstić information content (AvgIpc) is 2.41. The first-order valence-corrected chi connectivity index (χ1v) is 7.24. The van der Waals surface area contributed by atoms with Gasteiger partial charge in [0.05, 0.1) is 11.6 Å². The number of hydrogen-bond acceptors (Lipinski definition) is 1. The molecule has 1 fully saturated rings. The molecule has 0 saturated heterocycles. The van der Waals surface area contributed by atoms with Crippen LogP contribution in [-0.4, -0.2) is 12.5 Å². The quantitative estimate of drug-likeness (QED) is 0.717. The molecule has 4 heteroatoms. The van der Waals surface area contributed by atoms with Gasteiger partial charge in [-0.1, -0.05) is 11.6 Å². The third kappa shape index (κ3) is 3.76. The fourth-order valence-electron chi connectivity index (χ4n) is 2.33. The Morgan fingerprint density at radius 1 is 1.17 bits per heavy atom. The van der Waals surface area contributed by atoms with E-state index in [1.807, 2.05) is 0 Å². The van der Waals surface area contributed by atoms with E-state index < -0.39 is 5.82 Å². The van der Waals surface area contributed by atoms with Crippen LogP contribution in [0.15, 0.2) is 18.2 Å². The molecule has 0 amide bonds. The Hall–Kier alpha value is -0.470. The second kappa shape index (κ2) is 6.63. The SMILES string of the molecule is Fc1cc(OCC2CCC(CCl)CC2)ccc1Cl. The fraction of sp³-hybridized carbons (Fsp3) is 0.571. The second-order valence-electron chi connectivity index (χ2n) is 4.93. The molecule has 0 heterocycles. The van der Waals surface area contributed by atoms with E-state index in [2.05, 4.69) is 0 Å². The molecular formula is C14H17Cl2FO. The van der Waals surface area contributed by atoms with Crippen LogP contribution in [0.2, 0.25) is 5.02 Å². The van der Waals surface area contributed by atoms with E-state index in [4.69, 9.17) is 27.9 Å². The van der Waals surface area contributed by atoms with E-state index in [0.29, 0.717) is 24.2 Å². The zero-order valence-corrected chi connectivity index (χ0v) is 11.7. The molecule has 0 bridgehead atoms. The second-order valence-corrected chi connectivity index (χ2v) is 5.64. The van der Waals surface area contributed by atoms with Crippen LogP contribution < -0.4 is 4.74 Å². The molecule has 100 valence electrons. The highest BCUT2D eigenvalue weighted by Crippen LogP contribution is 2.30. The van der Waals surface area contributed by atoms with E-state index in [-0.39, 0.29) is 5.02 Å². The maximum Gasteiger partial charge on any atom is 0.145 e. The van der Waals surface area contributed by atoms with Crippen LogP contribution in [-0.2, 0) is 0 Å². The Bertz CT molecular complexity index is 389. The lowest BCUT2D eigenvalue weighted by Gasteiger charge is -2.27. The van der Waals surface area contributed by atoms with Crippen molar-refractivity contribution in [1.29, 1.82) is 0 Å². The number of alkyl halides is 1. The van der Waals surface area contributed by atoms with Gasteiger partial charge in [0.25, 0.3) is 0 Å². The van der Waals surface area contributed by atoms with Crippen LogP contribution in [0, 0.1) is 17.7 Å². The molecule has 0 aromatic heterocycles. The summed E-state index contributed by atoms with van der Waals surface area (Å²) in [7, 11) is 0. The first-order chi connectivity index (χ1) is 8.69. The summed E-state index contributed by atoms with van der Waals surface area (Å²) in [6.45, 7) is 0.649. The lowest BCUT2D eigenvalue weighted by atomic mass is 9.83. The van der Waals surface area contributed by atoms with E-state index in [9.17, 15) is 4.39 Å². The standard InChI is InChI=1S/C14H17Cl2FO/c15-8-10-1-3-11(4-2-10)9-18-12-5-6-13(16)14(17)7-12/h5-7,10-11H,1-4,8-9H2. The lowest BCUT2D eigenvalue weighted by Crippen LogP contribution is -2.20. The number of hydrogen-bond donors (Lipinski definition) is 0. The Morgan fingerprint density at radius 2 is 1.83 bits per heavy atom. The molecule has 0 spiro atoms. The van der Waals surface area contributed by atoms with Crippen LogP contribution in [0.25, 0.3) is 0 Å². The van der Waals surface area contributed by atoms with Crippen LogP contribution in [0.5, 0.6) is 5.75 Å². The third-order valence-electron chi connectivity index (χ3n) is 3.56. The molecule has 0 atom stereocenters. The molecule has 1 aromatic rings. The van der Waals surface area contributed by atoms with Gasteiger partial charge in [0, 0.05) is 11.9 Å². The van der Waals surface area contributed by atoms with Crippen LogP contribution in [0.1, 0.15) is 25.7 Å². The normalized spacial score (nSPS) is 23.9. The molecule has 1 aliphatic carbocycles. The van der Waals surface area contributed by atoms with E-state index in [1.54, 1.807) is 6.07 Å². The predicted molar refractivity (Wildman–Crippen MR) is 73.1 cm³/mol. The Labute approximate surface area is 117 Å². The maximum absolute atomic E-state index is 13.2. The predicted octanol–water partition coefficient (Wildman–Crippen LogP) is 4.90. The largest absolute Gasteiger partial charge is 0.493 e. The minimum atomic E-state index is -0.431. The van der Waals surface area contributed by atoms with Gasteiger partial charge in [0.15, 0.2) is 0 Å². The topological polar surface area (TPSA) is 9.23 Å². The van der Waals surface area contributed by atoms with Crippen LogP contribution >= 0.6 is 23.2 Å². The molecule has 0 unspecified atom stereocenters. The van der Waals surface area contributed by atoms with Crippen LogP contribution in [0.3, 0.4) is 0 Å². The van der Waals surface area contributed by atoms with Gasteiger partial charge in [-0.2, -0.15) is 0 Å². The van der Waals surface area contributed by atoms with Gasteiger partial charge in [-0.05, 0) is 49.7 Å². The maximum atomic E-state index is 13.2. The smallest absolute Gasteiger partial charge is 0.145 e. The summed E-state index contributed by atoms with van der Waals surface area (Å²) >= 11 is 11.5. The summed E-state index contributed by atoms with van der Waals surface area (Å²) in [6, 6.07) is 4.57.